The fraction of sp³-hybridized carbons (Fsp3) is 0.118. The molecule has 0 bridgehead atoms. The number of hydrogen-bond acceptors (Lipinski definition) is 1. The number of carbonyl (C=O) groups excluding carboxylic acids is 1. The maximum atomic E-state index is 12.5. The van der Waals surface area contributed by atoms with Crippen molar-refractivity contribution in [3.8, 4) is 0 Å². The molecule has 0 saturated carbocycles. The Morgan fingerprint density at radius 2 is 1.90 bits per heavy atom. The van der Waals surface area contributed by atoms with E-state index in [4.69, 9.17) is 11.6 Å². The van der Waals surface area contributed by atoms with Gasteiger partial charge in [0.1, 0.15) is 0 Å². The van der Waals surface area contributed by atoms with Gasteiger partial charge in [-0.05, 0) is 42.8 Å². The standard InChI is InChI=1S/C17H15ClN2O/c1-11-14(18)6-4-7-15(11)19-17(21)13-5-3-8-16-12(13)9-10-20(16)2/h3-10H,1-2H3,(H,19,21). The first-order valence-corrected chi connectivity index (χ1v) is 7.06. The van der Waals surface area contributed by atoms with Crippen LogP contribution in [0.15, 0.2) is 48.7 Å². The average molecular weight is 299 g/mol. The number of amides is 1. The van der Waals surface area contributed by atoms with Crippen LogP contribution in [0.1, 0.15) is 15.9 Å². The third-order valence-electron chi connectivity index (χ3n) is 3.69. The number of carbonyl (C=O) groups is 1. The van der Waals surface area contributed by atoms with Crippen molar-refractivity contribution >= 4 is 34.1 Å². The SMILES string of the molecule is Cc1c(Cl)cccc1NC(=O)c1cccc2c1ccn2C. The number of halogens is 1. The third kappa shape index (κ3) is 2.41. The molecular weight excluding hydrogens is 284 g/mol. The van der Waals surface area contributed by atoms with E-state index in [1.165, 1.54) is 0 Å². The highest BCUT2D eigenvalue weighted by Crippen LogP contribution is 2.25. The van der Waals surface area contributed by atoms with Crippen LogP contribution in [0.25, 0.3) is 10.9 Å². The molecule has 0 radical (unpaired) electrons. The summed E-state index contributed by atoms with van der Waals surface area (Å²) in [6.45, 7) is 1.89. The summed E-state index contributed by atoms with van der Waals surface area (Å²) in [7, 11) is 1.96. The molecule has 0 aliphatic heterocycles. The highest BCUT2D eigenvalue weighted by Gasteiger charge is 2.13. The Kier molecular flexibility index (Phi) is 3.43. The van der Waals surface area contributed by atoms with E-state index in [2.05, 4.69) is 5.32 Å². The molecule has 3 nitrogen and oxygen atoms in total. The van der Waals surface area contributed by atoms with E-state index in [1.807, 2.05) is 67.2 Å². The number of anilines is 1. The first kappa shape index (κ1) is 13.7. The van der Waals surface area contributed by atoms with Gasteiger partial charge >= 0.3 is 0 Å². The average Bonchev–Trinajstić information content (AvgIpc) is 2.85. The van der Waals surface area contributed by atoms with Crippen molar-refractivity contribution in [2.75, 3.05) is 5.32 Å². The Bertz CT molecular complexity index is 836. The second kappa shape index (κ2) is 5.26. The predicted molar refractivity (Wildman–Crippen MR) is 87.1 cm³/mol. The number of aromatic nitrogens is 1. The molecule has 1 aromatic heterocycles. The van der Waals surface area contributed by atoms with Gasteiger partial charge in [-0.2, -0.15) is 0 Å². The summed E-state index contributed by atoms with van der Waals surface area (Å²) in [5.74, 6) is -0.128. The van der Waals surface area contributed by atoms with E-state index >= 15 is 0 Å². The van der Waals surface area contributed by atoms with Gasteiger partial charge in [-0.1, -0.05) is 23.7 Å². The molecule has 3 aromatic rings. The maximum absolute atomic E-state index is 12.5. The number of nitrogens with one attached hydrogen (secondary N) is 1. The summed E-state index contributed by atoms with van der Waals surface area (Å²) in [5.41, 5.74) is 3.30. The fourth-order valence-corrected chi connectivity index (χ4v) is 2.61. The van der Waals surface area contributed by atoms with Crippen LogP contribution in [-0.4, -0.2) is 10.5 Å². The Hall–Kier alpha value is -2.26. The van der Waals surface area contributed by atoms with Crippen LogP contribution in [0.4, 0.5) is 5.69 Å². The van der Waals surface area contributed by atoms with Crippen molar-refractivity contribution < 1.29 is 4.79 Å². The molecule has 21 heavy (non-hydrogen) atoms. The quantitative estimate of drug-likeness (QED) is 0.748. The van der Waals surface area contributed by atoms with Crippen LogP contribution in [0.5, 0.6) is 0 Å². The Morgan fingerprint density at radius 3 is 2.71 bits per heavy atom. The van der Waals surface area contributed by atoms with Gasteiger partial charge < -0.3 is 9.88 Å². The molecule has 1 amide bonds. The lowest BCUT2D eigenvalue weighted by Crippen LogP contribution is -2.13. The van der Waals surface area contributed by atoms with Crippen LogP contribution >= 0.6 is 11.6 Å². The predicted octanol–water partition coefficient (Wildman–Crippen LogP) is 4.39. The summed E-state index contributed by atoms with van der Waals surface area (Å²) in [6.07, 6.45) is 1.95. The topological polar surface area (TPSA) is 34.0 Å². The molecule has 0 aliphatic carbocycles. The van der Waals surface area contributed by atoms with Gasteiger partial charge in [-0.3, -0.25) is 4.79 Å². The fourth-order valence-electron chi connectivity index (χ4n) is 2.43. The largest absolute Gasteiger partial charge is 0.351 e. The maximum Gasteiger partial charge on any atom is 0.256 e. The molecule has 3 rings (SSSR count). The molecule has 2 aromatic carbocycles. The molecule has 4 heteroatoms. The zero-order valence-electron chi connectivity index (χ0n) is 11.9. The van der Waals surface area contributed by atoms with Gasteiger partial charge in [0.15, 0.2) is 0 Å². The minimum atomic E-state index is -0.128. The molecule has 0 saturated heterocycles. The molecule has 0 spiro atoms. The minimum absolute atomic E-state index is 0.128. The van der Waals surface area contributed by atoms with Gasteiger partial charge in [0.25, 0.3) is 5.91 Å². The van der Waals surface area contributed by atoms with Gasteiger partial charge in [-0.15, -0.1) is 0 Å². The van der Waals surface area contributed by atoms with Crippen LogP contribution in [-0.2, 0) is 7.05 Å². The normalized spacial score (nSPS) is 10.8. The summed E-state index contributed by atoms with van der Waals surface area (Å²) in [5, 5.41) is 4.52. The monoisotopic (exact) mass is 298 g/mol. The first-order chi connectivity index (χ1) is 10.1. The lowest BCUT2D eigenvalue weighted by atomic mass is 10.1. The molecule has 1 heterocycles. The summed E-state index contributed by atoms with van der Waals surface area (Å²) in [6, 6.07) is 13.2. The number of rotatable bonds is 2. The highest BCUT2D eigenvalue weighted by atomic mass is 35.5. The van der Waals surface area contributed by atoms with Crippen molar-refractivity contribution in [2.45, 2.75) is 6.92 Å². The molecular formula is C17H15ClN2O. The Balaban J connectivity index is 2.00. The zero-order chi connectivity index (χ0) is 15.0. The van der Waals surface area contributed by atoms with Crippen molar-refractivity contribution in [1.29, 1.82) is 0 Å². The lowest BCUT2D eigenvalue weighted by molar-refractivity contribution is 0.102. The van der Waals surface area contributed by atoms with E-state index in [0.717, 1.165) is 22.2 Å². The van der Waals surface area contributed by atoms with Crippen molar-refractivity contribution in [3.63, 3.8) is 0 Å². The van der Waals surface area contributed by atoms with Gasteiger partial charge in [-0.25, -0.2) is 0 Å². The van der Waals surface area contributed by atoms with E-state index < -0.39 is 0 Å². The Labute approximate surface area is 128 Å². The van der Waals surface area contributed by atoms with E-state index in [0.29, 0.717) is 10.6 Å². The molecule has 1 N–H and O–H groups in total. The highest BCUT2D eigenvalue weighted by molar-refractivity contribution is 6.31. The van der Waals surface area contributed by atoms with Crippen molar-refractivity contribution in [1.82, 2.24) is 4.57 Å². The van der Waals surface area contributed by atoms with E-state index in [9.17, 15) is 4.79 Å². The third-order valence-corrected chi connectivity index (χ3v) is 4.10. The molecule has 0 fully saturated rings. The molecule has 0 aliphatic rings. The first-order valence-electron chi connectivity index (χ1n) is 6.68. The number of benzene rings is 2. The number of hydrogen-bond donors (Lipinski definition) is 1. The van der Waals surface area contributed by atoms with Crippen LogP contribution < -0.4 is 5.32 Å². The number of nitrogens with zero attached hydrogens (tertiary/aromatic N) is 1. The minimum Gasteiger partial charge on any atom is -0.351 e. The van der Waals surface area contributed by atoms with E-state index in [1.54, 1.807) is 0 Å². The van der Waals surface area contributed by atoms with Gasteiger partial charge in [0.2, 0.25) is 0 Å². The molecule has 106 valence electrons. The molecule has 0 unspecified atom stereocenters. The summed E-state index contributed by atoms with van der Waals surface area (Å²) < 4.78 is 2.00. The van der Waals surface area contributed by atoms with E-state index in [-0.39, 0.29) is 5.91 Å². The van der Waals surface area contributed by atoms with Crippen LogP contribution in [0.2, 0.25) is 5.02 Å². The smallest absolute Gasteiger partial charge is 0.256 e. The number of fused-ring (bicyclic) bond motifs is 1. The van der Waals surface area contributed by atoms with Gasteiger partial charge in [0, 0.05) is 40.4 Å². The van der Waals surface area contributed by atoms with Crippen molar-refractivity contribution in [2.24, 2.45) is 7.05 Å². The van der Waals surface area contributed by atoms with Crippen LogP contribution in [0.3, 0.4) is 0 Å². The Morgan fingerprint density at radius 1 is 1.14 bits per heavy atom. The van der Waals surface area contributed by atoms with Gasteiger partial charge in [0.05, 0.1) is 0 Å². The lowest BCUT2D eigenvalue weighted by Gasteiger charge is -2.10. The molecule has 0 atom stereocenters. The van der Waals surface area contributed by atoms with Crippen molar-refractivity contribution in [3.05, 3.63) is 64.8 Å². The second-order valence-corrected chi connectivity index (χ2v) is 5.44. The summed E-state index contributed by atoms with van der Waals surface area (Å²) >= 11 is 6.09. The van der Waals surface area contributed by atoms with Crippen LogP contribution in [0, 0.1) is 6.92 Å². The number of aryl methyl sites for hydroxylation is 1. The summed E-state index contributed by atoms with van der Waals surface area (Å²) in [4.78, 5) is 12.5. The zero-order valence-corrected chi connectivity index (χ0v) is 12.6. The second-order valence-electron chi connectivity index (χ2n) is 5.03.